The highest BCUT2D eigenvalue weighted by atomic mass is 35.5. The van der Waals surface area contributed by atoms with E-state index >= 15 is 0 Å². The van der Waals surface area contributed by atoms with Gasteiger partial charge in [0.15, 0.2) is 5.78 Å². The van der Waals surface area contributed by atoms with Crippen molar-refractivity contribution in [1.82, 2.24) is 14.0 Å². The first-order valence-electron chi connectivity index (χ1n) is 10.6. The molecule has 1 N–H and O–H groups in total. The first kappa shape index (κ1) is 22.6. The number of carbonyl (C=O) groups is 2. The molecule has 168 valence electrons. The summed E-state index contributed by atoms with van der Waals surface area (Å²) in [5.74, 6) is -0.238. The van der Waals surface area contributed by atoms with Crippen molar-refractivity contribution in [3.63, 3.8) is 0 Å². The quantitative estimate of drug-likeness (QED) is 0.414. The number of para-hydroxylation sites is 2. The molecule has 6 nitrogen and oxygen atoms in total. The third-order valence-corrected chi connectivity index (χ3v) is 5.92. The third-order valence-electron chi connectivity index (χ3n) is 5.66. The Morgan fingerprint density at radius 2 is 1.55 bits per heavy atom. The summed E-state index contributed by atoms with van der Waals surface area (Å²) in [6, 6.07) is 22.2. The average molecular weight is 461 g/mol. The van der Waals surface area contributed by atoms with E-state index in [9.17, 15) is 9.59 Å². The molecule has 1 heterocycles. The van der Waals surface area contributed by atoms with E-state index in [1.807, 2.05) is 49.4 Å². The minimum absolute atomic E-state index is 0.00129. The number of nitrogens with zero attached hydrogens (tertiary/aromatic N) is 3. The van der Waals surface area contributed by atoms with Crippen molar-refractivity contribution in [1.29, 1.82) is 5.41 Å². The molecule has 0 aliphatic heterocycles. The fourth-order valence-electron chi connectivity index (χ4n) is 3.91. The molecular formula is C26H25ClN4O2. The number of likely N-dealkylation sites (N-methyl/N-ethyl adjacent to an activating group) is 1. The maximum atomic E-state index is 13.0. The van der Waals surface area contributed by atoms with Crippen molar-refractivity contribution in [2.45, 2.75) is 26.6 Å². The van der Waals surface area contributed by atoms with Crippen LogP contribution in [0.25, 0.3) is 11.0 Å². The van der Waals surface area contributed by atoms with E-state index in [0.717, 1.165) is 22.2 Å². The van der Waals surface area contributed by atoms with Gasteiger partial charge in [-0.15, -0.1) is 0 Å². The Labute approximate surface area is 197 Å². The number of hydrogen-bond donors (Lipinski definition) is 1. The van der Waals surface area contributed by atoms with E-state index < -0.39 is 0 Å². The van der Waals surface area contributed by atoms with Gasteiger partial charge in [-0.05, 0) is 48.9 Å². The van der Waals surface area contributed by atoms with Crippen LogP contribution in [0.1, 0.15) is 21.5 Å². The van der Waals surface area contributed by atoms with Crippen molar-refractivity contribution < 1.29 is 9.59 Å². The maximum Gasteiger partial charge on any atom is 0.242 e. The maximum absolute atomic E-state index is 13.0. The van der Waals surface area contributed by atoms with Crippen LogP contribution in [-0.4, -0.2) is 32.8 Å². The molecule has 1 aromatic heterocycles. The molecule has 0 bridgehead atoms. The van der Waals surface area contributed by atoms with Gasteiger partial charge >= 0.3 is 0 Å². The summed E-state index contributed by atoms with van der Waals surface area (Å²) >= 11 is 5.93. The minimum atomic E-state index is -0.129. The van der Waals surface area contributed by atoms with Crippen molar-refractivity contribution in [3.8, 4) is 0 Å². The van der Waals surface area contributed by atoms with Crippen LogP contribution >= 0.6 is 11.6 Å². The number of Topliss-reactive ketones (excluding diaryl/α,β-unsaturated/α-hetero) is 1. The van der Waals surface area contributed by atoms with Gasteiger partial charge in [0.2, 0.25) is 11.5 Å². The van der Waals surface area contributed by atoms with Crippen LogP contribution in [0.5, 0.6) is 0 Å². The molecular weight excluding hydrogens is 436 g/mol. The van der Waals surface area contributed by atoms with Crippen LogP contribution in [-0.2, 0) is 24.4 Å². The molecule has 0 radical (unpaired) electrons. The third kappa shape index (κ3) is 4.91. The van der Waals surface area contributed by atoms with Gasteiger partial charge in [0.1, 0.15) is 6.54 Å². The lowest BCUT2D eigenvalue weighted by atomic mass is 10.1. The number of nitrogens with one attached hydrogen (secondary N) is 1. The molecule has 0 spiro atoms. The molecule has 0 unspecified atom stereocenters. The summed E-state index contributed by atoms with van der Waals surface area (Å²) in [6.07, 6.45) is 0. The summed E-state index contributed by atoms with van der Waals surface area (Å²) in [5.41, 5.74) is 4.30. The molecule has 0 atom stereocenters. The van der Waals surface area contributed by atoms with Crippen molar-refractivity contribution in [3.05, 3.63) is 100 Å². The number of fused-ring (bicyclic) bond motifs is 1. The van der Waals surface area contributed by atoms with Gasteiger partial charge in [0.25, 0.3) is 0 Å². The summed E-state index contributed by atoms with van der Waals surface area (Å²) in [4.78, 5) is 27.5. The van der Waals surface area contributed by atoms with Crippen molar-refractivity contribution >= 4 is 34.3 Å². The van der Waals surface area contributed by atoms with Crippen LogP contribution in [0.15, 0.2) is 72.8 Å². The molecule has 3 aromatic carbocycles. The van der Waals surface area contributed by atoms with Crippen molar-refractivity contribution in [2.75, 3.05) is 7.05 Å². The smallest absolute Gasteiger partial charge is 0.242 e. The number of aromatic nitrogens is 2. The SMILES string of the molecule is Cc1cccc(CN(C)C(=O)Cn2c(=N)n(CC(=O)c3ccc(Cl)cc3)c3ccccc32)c1. The Morgan fingerprint density at radius 1 is 0.909 bits per heavy atom. The van der Waals surface area contributed by atoms with E-state index in [2.05, 4.69) is 6.07 Å². The van der Waals surface area contributed by atoms with Crippen LogP contribution < -0.4 is 5.62 Å². The molecule has 0 aliphatic rings. The Hall–Kier alpha value is -3.64. The Kier molecular flexibility index (Phi) is 6.47. The number of hydrogen-bond acceptors (Lipinski definition) is 3. The van der Waals surface area contributed by atoms with E-state index in [4.69, 9.17) is 17.0 Å². The fourth-order valence-corrected chi connectivity index (χ4v) is 4.04. The van der Waals surface area contributed by atoms with Crippen molar-refractivity contribution in [2.24, 2.45) is 0 Å². The van der Waals surface area contributed by atoms with E-state index in [1.54, 1.807) is 45.3 Å². The number of halogens is 1. The molecule has 0 aliphatic carbocycles. The predicted octanol–water partition coefficient (Wildman–Crippen LogP) is 4.43. The zero-order valence-corrected chi connectivity index (χ0v) is 19.3. The number of carbonyl (C=O) groups excluding carboxylic acids is 2. The van der Waals surface area contributed by atoms with Crippen LogP contribution in [0.4, 0.5) is 0 Å². The zero-order valence-electron chi connectivity index (χ0n) is 18.6. The van der Waals surface area contributed by atoms with E-state index in [1.165, 1.54) is 0 Å². The summed E-state index contributed by atoms with van der Waals surface area (Å²) in [5, 5.41) is 9.29. The number of amides is 1. The van der Waals surface area contributed by atoms with Crippen LogP contribution in [0.2, 0.25) is 5.02 Å². The largest absolute Gasteiger partial charge is 0.340 e. The topological polar surface area (TPSA) is 71.1 Å². The minimum Gasteiger partial charge on any atom is -0.340 e. The van der Waals surface area contributed by atoms with Gasteiger partial charge in [-0.1, -0.05) is 53.6 Å². The second kappa shape index (κ2) is 9.46. The van der Waals surface area contributed by atoms with Gasteiger partial charge in [-0.2, -0.15) is 0 Å². The first-order chi connectivity index (χ1) is 15.8. The first-order valence-corrected chi connectivity index (χ1v) is 11.0. The molecule has 0 saturated carbocycles. The molecule has 4 rings (SSSR count). The number of aryl methyl sites for hydroxylation is 1. The second-order valence-corrected chi connectivity index (χ2v) is 8.59. The van der Waals surface area contributed by atoms with E-state index in [-0.39, 0.29) is 30.4 Å². The fraction of sp³-hybridized carbons (Fsp3) is 0.192. The van der Waals surface area contributed by atoms with Crippen LogP contribution in [0, 0.1) is 12.3 Å². The summed E-state index contributed by atoms with van der Waals surface area (Å²) in [6.45, 7) is 2.53. The van der Waals surface area contributed by atoms with Gasteiger partial charge < -0.3 is 14.0 Å². The molecule has 4 aromatic rings. The second-order valence-electron chi connectivity index (χ2n) is 8.15. The lowest BCUT2D eigenvalue weighted by Crippen LogP contribution is -2.35. The standard InChI is InChI=1S/C26H25ClN4O2/c1-18-6-5-7-19(14-18)15-29(2)25(33)17-31-23-9-4-3-8-22(23)30(26(31)28)16-24(32)20-10-12-21(27)13-11-20/h3-14,28H,15-17H2,1-2H3. The highest BCUT2D eigenvalue weighted by molar-refractivity contribution is 6.30. The number of benzene rings is 3. The monoisotopic (exact) mass is 460 g/mol. The normalized spacial score (nSPS) is 11.0. The predicted molar refractivity (Wildman–Crippen MR) is 129 cm³/mol. The lowest BCUT2D eigenvalue weighted by Gasteiger charge is -2.18. The van der Waals surface area contributed by atoms with Gasteiger partial charge in [-0.3, -0.25) is 15.0 Å². The zero-order chi connectivity index (χ0) is 23.5. The van der Waals surface area contributed by atoms with Gasteiger partial charge in [0, 0.05) is 24.2 Å². The molecule has 33 heavy (non-hydrogen) atoms. The summed E-state index contributed by atoms with van der Waals surface area (Å²) in [7, 11) is 1.76. The number of rotatable bonds is 7. The Balaban J connectivity index is 1.60. The van der Waals surface area contributed by atoms with Crippen LogP contribution in [0.3, 0.4) is 0 Å². The van der Waals surface area contributed by atoms with Gasteiger partial charge in [0.05, 0.1) is 17.6 Å². The average Bonchev–Trinajstić information content (AvgIpc) is 3.05. The Morgan fingerprint density at radius 3 is 2.18 bits per heavy atom. The highest BCUT2D eigenvalue weighted by Crippen LogP contribution is 2.16. The lowest BCUT2D eigenvalue weighted by molar-refractivity contribution is -0.131. The number of imidazole rings is 1. The highest BCUT2D eigenvalue weighted by Gasteiger charge is 2.18. The molecule has 0 saturated heterocycles. The van der Waals surface area contributed by atoms with E-state index in [0.29, 0.717) is 17.1 Å². The number of ketones is 1. The summed E-state index contributed by atoms with van der Waals surface area (Å²) < 4.78 is 3.29. The van der Waals surface area contributed by atoms with Gasteiger partial charge in [-0.25, -0.2) is 0 Å². The molecule has 7 heteroatoms. The molecule has 1 amide bonds. The molecule has 0 fully saturated rings. The Bertz CT molecular complexity index is 1390.